The van der Waals surface area contributed by atoms with Crippen molar-refractivity contribution in [3.8, 4) is 0 Å². The van der Waals surface area contributed by atoms with Crippen molar-refractivity contribution in [2.75, 3.05) is 13.2 Å². The minimum absolute atomic E-state index is 0.0183. The van der Waals surface area contributed by atoms with E-state index >= 15 is 0 Å². The summed E-state index contributed by atoms with van der Waals surface area (Å²) in [5, 5.41) is 15.0. The molecule has 1 unspecified atom stereocenters. The van der Waals surface area contributed by atoms with Gasteiger partial charge in [-0.25, -0.2) is 0 Å². The Bertz CT molecular complexity index is 420. The molecule has 0 aromatic heterocycles. The highest BCUT2D eigenvalue weighted by Gasteiger charge is 2.23. The molecule has 2 rings (SSSR count). The Kier molecular flexibility index (Phi) is 4.33. The average Bonchev–Trinajstić information content (AvgIpc) is 2.43. The number of carbonyl (C=O) groups excluding carboxylic acids is 1. The number of amides is 1. The van der Waals surface area contributed by atoms with Crippen molar-refractivity contribution in [3.63, 3.8) is 0 Å². The van der Waals surface area contributed by atoms with Crippen LogP contribution in [0.3, 0.4) is 0 Å². The maximum Gasteiger partial charge on any atom is 0.237 e. The summed E-state index contributed by atoms with van der Waals surface area (Å²) >= 11 is 0. The van der Waals surface area contributed by atoms with E-state index in [9.17, 15) is 4.79 Å². The molecular formula is C14H20N2O2. The first kappa shape index (κ1) is 13.1. The number of benzene rings is 1. The van der Waals surface area contributed by atoms with Gasteiger partial charge in [0.25, 0.3) is 0 Å². The molecule has 1 aliphatic rings. The smallest absolute Gasteiger partial charge is 0.237 e. The van der Waals surface area contributed by atoms with Crippen LogP contribution in [-0.4, -0.2) is 30.2 Å². The third-order valence-corrected chi connectivity index (χ3v) is 3.33. The molecule has 4 nitrogen and oxygen atoms in total. The molecule has 1 amide bonds. The first-order chi connectivity index (χ1) is 8.70. The van der Waals surface area contributed by atoms with Gasteiger partial charge in [-0.2, -0.15) is 0 Å². The van der Waals surface area contributed by atoms with Gasteiger partial charge in [-0.05, 0) is 23.5 Å². The molecule has 0 saturated heterocycles. The number of hydrogen-bond donors (Lipinski definition) is 3. The van der Waals surface area contributed by atoms with Gasteiger partial charge in [0, 0.05) is 19.7 Å². The number of hydrogen-bond acceptors (Lipinski definition) is 3. The lowest BCUT2D eigenvalue weighted by molar-refractivity contribution is -0.123. The van der Waals surface area contributed by atoms with Gasteiger partial charge in [0.1, 0.15) is 0 Å². The van der Waals surface area contributed by atoms with Crippen LogP contribution in [0.4, 0.5) is 0 Å². The summed E-state index contributed by atoms with van der Waals surface area (Å²) in [6.45, 7) is 3.27. The lowest BCUT2D eigenvalue weighted by Crippen LogP contribution is -2.48. The van der Waals surface area contributed by atoms with Crippen molar-refractivity contribution in [1.29, 1.82) is 0 Å². The minimum atomic E-state index is -0.161. The van der Waals surface area contributed by atoms with Crippen LogP contribution in [0, 0.1) is 5.92 Å². The Morgan fingerprint density at radius 2 is 2.22 bits per heavy atom. The number of fused-ring (bicyclic) bond motifs is 1. The van der Waals surface area contributed by atoms with E-state index in [-0.39, 0.29) is 24.5 Å². The van der Waals surface area contributed by atoms with Crippen LogP contribution in [0.25, 0.3) is 0 Å². The Morgan fingerprint density at radius 3 is 2.94 bits per heavy atom. The van der Waals surface area contributed by atoms with E-state index in [0.29, 0.717) is 6.54 Å². The molecule has 1 aromatic carbocycles. The summed E-state index contributed by atoms with van der Waals surface area (Å²) in [6.07, 6.45) is 0.732. The molecule has 4 heteroatoms. The molecule has 1 heterocycles. The summed E-state index contributed by atoms with van der Waals surface area (Å²) in [7, 11) is 0. The zero-order valence-electron chi connectivity index (χ0n) is 10.6. The van der Waals surface area contributed by atoms with E-state index in [1.807, 2.05) is 19.1 Å². The van der Waals surface area contributed by atoms with E-state index in [1.165, 1.54) is 11.1 Å². The summed E-state index contributed by atoms with van der Waals surface area (Å²) in [5.41, 5.74) is 2.51. The van der Waals surface area contributed by atoms with Crippen LogP contribution in [0.15, 0.2) is 24.3 Å². The number of carbonyl (C=O) groups is 1. The number of rotatable bonds is 4. The van der Waals surface area contributed by atoms with Gasteiger partial charge in [-0.3, -0.25) is 4.79 Å². The van der Waals surface area contributed by atoms with Crippen LogP contribution in [0.5, 0.6) is 0 Å². The van der Waals surface area contributed by atoms with Crippen LogP contribution in [0.2, 0.25) is 0 Å². The van der Waals surface area contributed by atoms with Crippen molar-refractivity contribution in [2.24, 2.45) is 5.92 Å². The largest absolute Gasteiger partial charge is 0.396 e. The second kappa shape index (κ2) is 5.98. The molecule has 3 N–H and O–H groups in total. The van der Waals surface area contributed by atoms with Gasteiger partial charge in [0.05, 0.1) is 6.04 Å². The van der Waals surface area contributed by atoms with Crippen molar-refractivity contribution in [3.05, 3.63) is 35.4 Å². The first-order valence-corrected chi connectivity index (χ1v) is 6.39. The zero-order chi connectivity index (χ0) is 13.0. The highest BCUT2D eigenvalue weighted by molar-refractivity contribution is 5.82. The van der Waals surface area contributed by atoms with Gasteiger partial charge in [-0.15, -0.1) is 0 Å². The molecular weight excluding hydrogens is 228 g/mol. The maximum atomic E-state index is 12.0. The lowest BCUT2D eigenvalue weighted by Gasteiger charge is -2.25. The highest BCUT2D eigenvalue weighted by atomic mass is 16.3. The molecule has 18 heavy (non-hydrogen) atoms. The Hall–Kier alpha value is -1.39. The molecule has 2 atom stereocenters. The summed E-state index contributed by atoms with van der Waals surface area (Å²) in [5.74, 6) is 0.120. The molecule has 0 saturated carbocycles. The average molecular weight is 248 g/mol. The SMILES string of the molecule is CC(CO)CNC(=O)[C@@H]1Cc2ccccc2CN1. The van der Waals surface area contributed by atoms with E-state index in [2.05, 4.69) is 22.8 Å². The number of aliphatic hydroxyl groups excluding tert-OH is 1. The van der Waals surface area contributed by atoms with Crippen LogP contribution in [0.1, 0.15) is 18.1 Å². The summed E-state index contributed by atoms with van der Waals surface area (Å²) < 4.78 is 0. The monoisotopic (exact) mass is 248 g/mol. The molecule has 0 radical (unpaired) electrons. The molecule has 0 aliphatic carbocycles. The van der Waals surface area contributed by atoms with Crippen molar-refractivity contribution < 1.29 is 9.90 Å². The zero-order valence-corrected chi connectivity index (χ0v) is 10.6. The highest BCUT2D eigenvalue weighted by Crippen LogP contribution is 2.16. The predicted octanol–water partition coefficient (Wildman–Crippen LogP) is 0.445. The van der Waals surface area contributed by atoms with Gasteiger partial charge in [0.15, 0.2) is 0 Å². The third-order valence-electron chi connectivity index (χ3n) is 3.33. The second-order valence-electron chi connectivity index (χ2n) is 4.94. The minimum Gasteiger partial charge on any atom is -0.396 e. The third kappa shape index (κ3) is 3.09. The molecule has 98 valence electrons. The van der Waals surface area contributed by atoms with Crippen molar-refractivity contribution in [1.82, 2.24) is 10.6 Å². The van der Waals surface area contributed by atoms with E-state index in [1.54, 1.807) is 0 Å². The van der Waals surface area contributed by atoms with E-state index in [4.69, 9.17) is 5.11 Å². The number of nitrogens with one attached hydrogen (secondary N) is 2. The Morgan fingerprint density at radius 1 is 1.50 bits per heavy atom. The fourth-order valence-corrected chi connectivity index (χ4v) is 2.10. The van der Waals surface area contributed by atoms with Gasteiger partial charge < -0.3 is 15.7 Å². The topological polar surface area (TPSA) is 61.4 Å². The number of aliphatic hydroxyl groups is 1. The quantitative estimate of drug-likeness (QED) is 0.725. The normalized spacial score (nSPS) is 20.0. The van der Waals surface area contributed by atoms with Crippen LogP contribution >= 0.6 is 0 Å². The van der Waals surface area contributed by atoms with Gasteiger partial charge >= 0.3 is 0 Å². The van der Waals surface area contributed by atoms with Crippen molar-refractivity contribution >= 4 is 5.91 Å². The summed E-state index contributed by atoms with van der Waals surface area (Å²) in [6, 6.07) is 8.03. The molecule has 0 spiro atoms. The van der Waals surface area contributed by atoms with Gasteiger partial charge in [-0.1, -0.05) is 31.2 Å². The van der Waals surface area contributed by atoms with E-state index < -0.39 is 0 Å². The first-order valence-electron chi connectivity index (χ1n) is 6.39. The van der Waals surface area contributed by atoms with Crippen molar-refractivity contribution in [2.45, 2.75) is 25.9 Å². The fourth-order valence-electron chi connectivity index (χ4n) is 2.10. The molecule has 1 aromatic rings. The second-order valence-corrected chi connectivity index (χ2v) is 4.94. The standard InChI is InChI=1S/C14H20N2O2/c1-10(9-17)7-16-14(18)13-6-11-4-2-3-5-12(11)8-15-13/h2-5,10,13,15,17H,6-9H2,1H3,(H,16,18)/t10?,13-/m0/s1. The van der Waals surface area contributed by atoms with Gasteiger partial charge in [0.2, 0.25) is 5.91 Å². The summed E-state index contributed by atoms with van der Waals surface area (Å²) in [4.78, 5) is 12.0. The molecule has 0 fully saturated rings. The predicted molar refractivity (Wildman–Crippen MR) is 70.0 cm³/mol. The molecule has 0 bridgehead atoms. The lowest BCUT2D eigenvalue weighted by atomic mass is 9.95. The van der Waals surface area contributed by atoms with E-state index in [0.717, 1.165) is 13.0 Å². The van der Waals surface area contributed by atoms with Crippen LogP contribution < -0.4 is 10.6 Å². The maximum absolute atomic E-state index is 12.0. The Labute approximate surface area is 107 Å². The molecule has 1 aliphatic heterocycles. The Balaban J connectivity index is 1.90. The van der Waals surface area contributed by atoms with Crippen LogP contribution in [-0.2, 0) is 17.8 Å². The fraction of sp³-hybridized carbons (Fsp3) is 0.500.